The number of hydrogen-bond acceptors (Lipinski definition) is 3. The summed E-state index contributed by atoms with van der Waals surface area (Å²) in [7, 11) is 0. The molecule has 0 aliphatic rings. The number of rotatable bonds is 8. The van der Waals surface area contributed by atoms with Crippen LogP contribution >= 0.6 is 0 Å². The van der Waals surface area contributed by atoms with Crippen molar-refractivity contribution in [3.63, 3.8) is 0 Å². The Hall–Kier alpha value is -1.71. The van der Waals surface area contributed by atoms with Gasteiger partial charge in [0.05, 0.1) is 11.4 Å². The van der Waals surface area contributed by atoms with Gasteiger partial charge in [0.2, 0.25) is 5.91 Å². The number of benzene rings is 1. The number of phenolic OH excluding ortho intramolecular Hbond substituents is 1. The highest BCUT2D eigenvalue weighted by Gasteiger charge is 2.05. The van der Waals surface area contributed by atoms with Crippen LogP contribution in [-0.4, -0.2) is 11.0 Å². The fourth-order valence-electron chi connectivity index (χ4n) is 1.94. The van der Waals surface area contributed by atoms with E-state index in [2.05, 4.69) is 12.2 Å². The van der Waals surface area contributed by atoms with E-state index < -0.39 is 0 Å². The van der Waals surface area contributed by atoms with Crippen molar-refractivity contribution in [1.29, 1.82) is 0 Å². The minimum absolute atomic E-state index is 0.0205. The Morgan fingerprint density at radius 1 is 1.21 bits per heavy atom. The third-order valence-corrected chi connectivity index (χ3v) is 3.07. The van der Waals surface area contributed by atoms with Crippen molar-refractivity contribution in [3.05, 3.63) is 18.2 Å². The Kier molecular flexibility index (Phi) is 6.79. The predicted molar refractivity (Wildman–Crippen MR) is 79.1 cm³/mol. The number of nitrogens with two attached hydrogens (primary N) is 1. The number of carbonyl (C=O) groups excluding carboxylic acids is 1. The van der Waals surface area contributed by atoms with Gasteiger partial charge in [-0.15, -0.1) is 0 Å². The van der Waals surface area contributed by atoms with Crippen LogP contribution in [0.2, 0.25) is 0 Å². The van der Waals surface area contributed by atoms with E-state index in [-0.39, 0.29) is 11.7 Å². The standard InChI is InChI=1S/C15H24N2O2/c1-2-3-4-5-6-7-8-15(19)17-14-10-9-12(18)11-13(14)16/h9-11,18H,2-8,16H2,1H3,(H,17,19). The Balaban J connectivity index is 2.23. The molecule has 1 aromatic carbocycles. The highest BCUT2D eigenvalue weighted by molar-refractivity contribution is 5.93. The number of hydrogen-bond donors (Lipinski definition) is 3. The van der Waals surface area contributed by atoms with E-state index in [4.69, 9.17) is 5.73 Å². The van der Waals surface area contributed by atoms with Gasteiger partial charge in [0.1, 0.15) is 5.75 Å². The number of nitrogens with one attached hydrogen (secondary N) is 1. The van der Waals surface area contributed by atoms with Gasteiger partial charge in [-0.1, -0.05) is 39.0 Å². The summed E-state index contributed by atoms with van der Waals surface area (Å²) in [4.78, 5) is 11.7. The number of nitrogen functional groups attached to an aromatic ring is 1. The molecule has 0 aromatic heterocycles. The second kappa shape index (κ2) is 8.40. The lowest BCUT2D eigenvalue weighted by Gasteiger charge is -2.08. The summed E-state index contributed by atoms with van der Waals surface area (Å²) in [5.41, 5.74) is 6.65. The topological polar surface area (TPSA) is 75.3 Å². The van der Waals surface area contributed by atoms with Crippen molar-refractivity contribution < 1.29 is 9.90 Å². The molecule has 0 spiro atoms. The molecule has 1 aromatic rings. The molecule has 0 unspecified atom stereocenters. The fourth-order valence-corrected chi connectivity index (χ4v) is 1.94. The fraction of sp³-hybridized carbons (Fsp3) is 0.533. The van der Waals surface area contributed by atoms with Crippen LogP contribution in [0.5, 0.6) is 5.75 Å². The van der Waals surface area contributed by atoms with E-state index >= 15 is 0 Å². The monoisotopic (exact) mass is 264 g/mol. The minimum Gasteiger partial charge on any atom is -0.508 e. The number of aromatic hydroxyl groups is 1. The third kappa shape index (κ3) is 6.13. The van der Waals surface area contributed by atoms with E-state index in [0.717, 1.165) is 12.8 Å². The van der Waals surface area contributed by atoms with Gasteiger partial charge in [0, 0.05) is 12.5 Å². The lowest BCUT2D eigenvalue weighted by Crippen LogP contribution is -2.12. The molecule has 0 fully saturated rings. The van der Waals surface area contributed by atoms with E-state index in [0.29, 0.717) is 17.8 Å². The number of anilines is 2. The van der Waals surface area contributed by atoms with E-state index in [1.165, 1.54) is 37.8 Å². The number of unbranched alkanes of at least 4 members (excludes halogenated alkanes) is 5. The molecule has 0 saturated carbocycles. The summed E-state index contributed by atoms with van der Waals surface area (Å²) in [6, 6.07) is 4.56. The molecule has 1 amide bonds. The van der Waals surface area contributed by atoms with Gasteiger partial charge in [-0.2, -0.15) is 0 Å². The van der Waals surface area contributed by atoms with Crippen molar-refractivity contribution in [2.45, 2.75) is 51.9 Å². The van der Waals surface area contributed by atoms with E-state index in [9.17, 15) is 9.90 Å². The summed E-state index contributed by atoms with van der Waals surface area (Å²) >= 11 is 0. The van der Waals surface area contributed by atoms with Crippen LogP contribution in [0.15, 0.2) is 18.2 Å². The van der Waals surface area contributed by atoms with Crippen LogP contribution < -0.4 is 11.1 Å². The first kappa shape index (κ1) is 15.3. The van der Waals surface area contributed by atoms with Crippen LogP contribution in [0.3, 0.4) is 0 Å². The highest BCUT2D eigenvalue weighted by atomic mass is 16.3. The highest BCUT2D eigenvalue weighted by Crippen LogP contribution is 2.23. The van der Waals surface area contributed by atoms with E-state index in [1.807, 2.05) is 0 Å². The number of phenols is 1. The maximum absolute atomic E-state index is 11.7. The second-order valence-electron chi connectivity index (χ2n) is 4.84. The Labute approximate surface area is 115 Å². The quantitative estimate of drug-likeness (QED) is 0.381. The molecule has 0 atom stereocenters. The summed E-state index contributed by atoms with van der Waals surface area (Å²) < 4.78 is 0. The smallest absolute Gasteiger partial charge is 0.224 e. The average Bonchev–Trinajstić information content (AvgIpc) is 2.37. The zero-order valence-corrected chi connectivity index (χ0v) is 11.6. The third-order valence-electron chi connectivity index (χ3n) is 3.07. The zero-order chi connectivity index (χ0) is 14.1. The molecule has 0 saturated heterocycles. The number of carbonyl (C=O) groups is 1. The maximum Gasteiger partial charge on any atom is 0.224 e. The summed E-state index contributed by atoms with van der Waals surface area (Å²) in [5, 5.41) is 12.0. The molecular weight excluding hydrogens is 240 g/mol. The van der Waals surface area contributed by atoms with Crippen molar-refractivity contribution >= 4 is 17.3 Å². The molecule has 0 aliphatic carbocycles. The number of amides is 1. The van der Waals surface area contributed by atoms with Crippen LogP contribution in [0, 0.1) is 0 Å². The first-order valence-corrected chi connectivity index (χ1v) is 7.02. The minimum atomic E-state index is -0.0205. The Morgan fingerprint density at radius 3 is 2.58 bits per heavy atom. The second-order valence-corrected chi connectivity index (χ2v) is 4.84. The lowest BCUT2D eigenvalue weighted by molar-refractivity contribution is -0.116. The first-order chi connectivity index (χ1) is 9.13. The largest absolute Gasteiger partial charge is 0.508 e. The van der Waals surface area contributed by atoms with Crippen LogP contribution in [0.1, 0.15) is 51.9 Å². The van der Waals surface area contributed by atoms with Gasteiger partial charge >= 0.3 is 0 Å². The van der Waals surface area contributed by atoms with Crippen molar-refractivity contribution in [3.8, 4) is 5.75 Å². The van der Waals surface area contributed by atoms with Crippen LogP contribution in [0.25, 0.3) is 0 Å². The first-order valence-electron chi connectivity index (χ1n) is 7.02. The molecular formula is C15H24N2O2. The Bertz CT molecular complexity index is 405. The molecule has 19 heavy (non-hydrogen) atoms. The maximum atomic E-state index is 11.7. The molecule has 4 heteroatoms. The van der Waals surface area contributed by atoms with E-state index in [1.54, 1.807) is 6.07 Å². The van der Waals surface area contributed by atoms with Gasteiger partial charge in [-0.05, 0) is 18.6 Å². The molecule has 0 heterocycles. The molecule has 106 valence electrons. The van der Waals surface area contributed by atoms with Crippen LogP contribution in [0.4, 0.5) is 11.4 Å². The Morgan fingerprint density at radius 2 is 1.89 bits per heavy atom. The normalized spacial score (nSPS) is 10.4. The van der Waals surface area contributed by atoms with Gasteiger partial charge < -0.3 is 16.2 Å². The molecule has 1 rings (SSSR count). The zero-order valence-electron chi connectivity index (χ0n) is 11.6. The average molecular weight is 264 g/mol. The van der Waals surface area contributed by atoms with Gasteiger partial charge in [0.15, 0.2) is 0 Å². The lowest BCUT2D eigenvalue weighted by atomic mass is 10.1. The van der Waals surface area contributed by atoms with Crippen molar-refractivity contribution in [1.82, 2.24) is 0 Å². The van der Waals surface area contributed by atoms with Crippen molar-refractivity contribution in [2.24, 2.45) is 0 Å². The van der Waals surface area contributed by atoms with Crippen molar-refractivity contribution in [2.75, 3.05) is 11.1 Å². The van der Waals surface area contributed by atoms with Gasteiger partial charge in [-0.3, -0.25) is 4.79 Å². The summed E-state index contributed by atoms with van der Waals surface area (Å²) in [6.45, 7) is 2.19. The van der Waals surface area contributed by atoms with Gasteiger partial charge in [-0.25, -0.2) is 0 Å². The summed E-state index contributed by atoms with van der Waals surface area (Å²) in [5.74, 6) is 0.0827. The molecule has 4 N–H and O–H groups in total. The van der Waals surface area contributed by atoms with Crippen LogP contribution in [-0.2, 0) is 4.79 Å². The SMILES string of the molecule is CCCCCCCCC(=O)Nc1ccc(O)cc1N. The summed E-state index contributed by atoms with van der Waals surface area (Å²) in [6.07, 6.45) is 7.49. The van der Waals surface area contributed by atoms with Gasteiger partial charge in [0.25, 0.3) is 0 Å². The molecule has 4 nitrogen and oxygen atoms in total. The predicted octanol–water partition coefficient (Wildman–Crippen LogP) is 3.66. The molecule has 0 bridgehead atoms. The molecule has 0 radical (unpaired) electrons. The molecule has 0 aliphatic heterocycles.